The fourth-order valence-electron chi connectivity index (χ4n) is 2.85. The molecule has 1 heterocycles. The summed E-state index contributed by atoms with van der Waals surface area (Å²) in [6.45, 7) is 3.52. The molecule has 0 radical (unpaired) electrons. The first kappa shape index (κ1) is 14.2. The van der Waals surface area contributed by atoms with Crippen molar-refractivity contribution in [2.24, 2.45) is 11.7 Å². The number of rotatable bonds is 4. The molecule has 18 heavy (non-hydrogen) atoms. The zero-order valence-electron chi connectivity index (χ0n) is 11.4. The first-order valence-electron chi connectivity index (χ1n) is 6.93. The first-order chi connectivity index (χ1) is 8.45. The number of hydrogen-bond acceptors (Lipinski definition) is 3. The molecule has 5 nitrogen and oxygen atoms in total. The third-order valence-electron chi connectivity index (χ3n) is 4.50. The minimum Gasteiger partial charge on any atom is -0.328 e. The van der Waals surface area contributed by atoms with Crippen molar-refractivity contribution >= 4 is 10.2 Å². The second-order valence-electron chi connectivity index (χ2n) is 5.66. The van der Waals surface area contributed by atoms with Crippen molar-refractivity contribution in [3.8, 4) is 0 Å². The molecular formula is C12H25N3O2S. The maximum absolute atomic E-state index is 12.4. The lowest BCUT2D eigenvalue weighted by molar-refractivity contribution is 0.193. The number of piperidine rings is 1. The number of nitrogens with zero attached hydrogens (tertiary/aromatic N) is 2. The van der Waals surface area contributed by atoms with Crippen molar-refractivity contribution < 1.29 is 8.42 Å². The number of nitrogens with two attached hydrogens (primary N) is 1. The van der Waals surface area contributed by atoms with Gasteiger partial charge in [0, 0.05) is 32.2 Å². The molecular weight excluding hydrogens is 250 g/mol. The molecule has 0 spiro atoms. The third-order valence-corrected chi connectivity index (χ3v) is 6.55. The molecule has 1 aliphatic heterocycles. The van der Waals surface area contributed by atoms with Crippen molar-refractivity contribution in [2.45, 2.75) is 51.1 Å². The maximum atomic E-state index is 12.4. The Balaban J connectivity index is 1.94. The average Bonchev–Trinajstić information content (AvgIpc) is 2.34. The van der Waals surface area contributed by atoms with Gasteiger partial charge in [-0.25, -0.2) is 0 Å². The molecule has 1 aliphatic carbocycles. The summed E-state index contributed by atoms with van der Waals surface area (Å²) in [5.74, 6) is 0.693. The summed E-state index contributed by atoms with van der Waals surface area (Å²) in [5.41, 5.74) is 5.73. The fraction of sp³-hybridized carbons (Fsp3) is 1.00. The van der Waals surface area contributed by atoms with Crippen LogP contribution in [0.3, 0.4) is 0 Å². The lowest BCUT2D eigenvalue weighted by Crippen LogP contribution is -2.55. The van der Waals surface area contributed by atoms with E-state index in [2.05, 4.69) is 6.92 Å². The second-order valence-corrected chi connectivity index (χ2v) is 7.65. The topological polar surface area (TPSA) is 66.6 Å². The van der Waals surface area contributed by atoms with Crippen LogP contribution in [0.1, 0.15) is 39.0 Å². The van der Waals surface area contributed by atoms with Gasteiger partial charge < -0.3 is 5.73 Å². The van der Waals surface area contributed by atoms with Gasteiger partial charge in [-0.1, -0.05) is 13.3 Å². The highest BCUT2D eigenvalue weighted by Crippen LogP contribution is 2.28. The lowest BCUT2D eigenvalue weighted by atomic mass is 9.88. The molecule has 0 unspecified atom stereocenters. The Morgan fingerprint density at radius 2 is 1.83 bits per heavy atom. The van der Waals surface area contributed by atoms with Crippen molar-refractivity contribution in [3.63, 3.8) is 0 Å². The molecule has 1 saturated carbocycles. The summed E-state index contributed by atoms with van der Waals surface area (Å²) >= 11 is 0. The Labute approximate surface area is 110 Å². The van der Waals surface area contributed by atoms with Crippen LogP contribution in [0.25, 0.3) is 0 Å². The molecule has 2 fully saturated rings. The molecule has 1 saturated heterocycles. The van der Waals surface area contributed by atoms with Crippen LogP contribution in [0.4, 0.5) is 0 Å². The molecule has 0 amide bonds. The van der Waals surface area contributed by atoms with E-state index >= 15 is 0 Å². The summed E-state index contributed by atoms with van der Waals surface area (Å²) in [6, 6.07) is 0.285. The molecule has 0 aromatic carbocycles. The molecule has 0 aromatic heterocycles. The van der Waals surface area contributed by atoms with E-state index in [9.17, 15) is 8.42 Å². The van der Waals surface area contributed by atoms with Gasteiger partial charge in [0.25, 0.3) is 10.2 Å². The van der Waals surface area contributed by atoms with E-state index in [0.717, 1.165) is 32.1 Å². The van der Waals surface area contributed by atoms with Crippen LogP contribution < -0.4 is 5.73 Å². The van der Waals surface area contributed by atoms with E-state index in [0.29, 0.717) is 19.0 Å². The van der Waals surface area contributed by atoms with Crippen molar-refractivity contribution in [3.05, 3.63) is 0 Å². The number of hydrogen-bond donors (Lipinski definition) is 1. The van der Waals surface area contributed by atoms with Crippen LogP contribution in [0.2, 0.25) is 0 Å². The lowest BCUT2D eigenvalue weighted by Gasteiger charge is -2.41. The normalized spacial score (nSPS) is 31.6. The summed E-state index contributed by atoms with van der Waals surface area (Å²) < 4.78 is 28.0. The van der Waals surface area contributed by atoms with Gasteiger partial charge in [0.15, 0.2) is 0 Å². The Kier molecular flexibility index (Phi) is 4.31. The Morgan fingerprint density at radius 3 is 2.28 bits per heavy atom. The molecule has 0 aromatic rings. The zero-order chi connectivity index (χ0) is 13.3. The molecule has 106 valence electrons. The predicted octanol–water partition coefficient (Wildman–Crippen LogP) is 0.775. The SMILES string of the molecule is CCC1CCN(S(=O)(=O)N(C)C2CC(N)C2)CC1. The van der Waals surface area contributed by atoms with Gasteiger partial charge >= 0.3 is 0 Å². The molecule has 0 bridgehead atoms. The van der Waals surface area contributed by atoms with Crippen LogP contribution in [-0.2, 0) is 10.2 Å². The molecule has 2 rings (SSSR count). The Hall–Kier alpha value is -0.170. The van der Waals surface area contributed by atoms with Crippen LogP contribution in [-0.4, -0.2) is 49.2 Å². The Morgan fingerprint density at radius 1 is 1.28 bits per heavy atom. The van der Waals surface area contributed by atoms with Gasteiger partial charge in [0.1, 0.15) is 0 Å². The molecule has 2 N–H and O–H groups in total. The van der Waals surface area contributed by atoms with Gasteiger partial charge in [-0.3, -0.25) is 0 Å². The minimum absolute atomic E-state index is 0.105. The van der Waals surface area contributed by atoms with E-state index in [-0.39, 0.29) is 12.1 Å². The molecule has 6 heteroatoms. The summed E-state index contributed by atoms with van der Waals surface area (Å²) in [5, 5.41) is 0. The highest BCUT2D eigenvalue weighted by molar-refractivity contribution is 7.86. The van der Waals surface area contributed by atoms with E-state index < -0.39 is 10.2 Å². The predicted molar refractivity (Wildman–Crippen MR) is 72.3 cm³/mol. The van der Waals surface area contributed by atoms with Crippen molar-refractivity contribution in [1.82, 2.24) is 8.61 Å². The van der Waals surface area contributed by atoms with Crippen LogP contribution >= 0.6 is 0 Å². The Bertz CT molecular complexity index is 371. The van der Waals surface area contributed by atoms with Gasteiger partial charge in [-0.05, 0) is 31.6 Å². The van der Waals surface area contributed by atoms with E-state index in [1.807, 2.05) is 0 Å². The van der Waals surface area contributed by atoms with Crippen LogP contribution in [0.15, 0.2) is 0 Å². The summed E-state index contributed by atoms with van der Waals surface area (Å²) in [6.07, 6.45) is 4.73. The zero-order valence-corrected chi connectivity index (χ0v) is 12.2. The van der Waals surface area contributed by atoms with Gasteiger partial charge in [0.2, 0.25) is 0 Å². The van der Waals surface area contributed by atoms with Crippen LogP contribution in [0, 0.1) is 5.92 Å². The largest absolute Gasteiger partial charge is 0.328 e. The highest BCUT2D eigenvalue weighted by atomic mass is 32.2. The fourth-order valence-corrected chi connectivity index (χ4v) is 4.43. The maximum Gasteiger partial charge on any atom is 0.281 e. The smallest absolute Gasteiger partial charge is 0.281 e. The first-order valence-corrected chi connectivity index (χ1v) is 8.33. The summed E-state index contributed by atoms with van der Waals surface area (Å²) in [4.78, 5) is 0. The van der Waals surface area contributed by atoms with Crippen molar-refractivity contribution in [1.29, 1.82) is 0 Å². The monoisotopic (exact) mass is 275 g/mol. The minimum atomic E-state index is -3.27. The van der Waals surface area contributed by atoms with Crippen molar-refractivity contribution in [2.75, 3.05) is 20.1 Å². The van der Waals surface area contributed by atoms with Gasteiger partial charge in [0.05, 0.1) is 0 Å². The van der Waals surface area contributed by atoms with E-state index in [1.165, 1.54) is 4.31 Å². The van der Waals surface area contributed by atoms with Crippen LogP contribution in [0.5, 0.6) is 0 Å². The highest BCUT2D eigenvalue weighted by Gasteiger charge is 2.39. The second kappa shape index (κ2) is 5.45. The standard InChI is InChI=1S/C12H25N3O2S/c1-3-10-4-6-15(7-5-10)18(16,17)14(2)12-8-11(13)9-12/h10-12H,3-9,13H2,1-2H3. The third kappa shape index (κ3) is 2.71. The average molecular weight is 275 g/mol. The molecule has 2 aliphatic rings. The quantitative estimate of drug-likeness (QED) is 0.824. The van der Waals surface area contributed by atoms with Gasteiger partial charge in [-0.2, -0.15) is 17.0 Å². The van der Waals surface area contributed by atoms with E-state index in [4.69, 9.17) is 5.73 Å². The molecule has 0 atom stereocenters. The van der Waals surface area contributed by atoms with E-state index in [1.54, 1.807) is 11.4 Å². The van der Waals surface area contributed by atoms with Gasteiger partial charge in [-0.15, -0.1) is 0 Å². The summed E-state index contributed by atoms with van der Waals surface area (Å²) in [7, 11) is -1.57.